The lowest BCUT2D eigenvalue weighted by Gasteiger charge is -2.41. The second-order valence-electron chi connectivity index (χ2n) is 9.49. The SMILES string of the molecule is CC(Nc1nc(N)nc(N)c1C#N)c1nc2cccc(Cl)c2c(=O)n1C1CN(C(=O)OC(C)(C)C)C1. The fourth-order valence-electron chi connectivity index (χ4n) is 3.95. The molecule has 1 fully saturated rings. The Morgan fingerprint density at radius 2 is 1.97 bits per heavy atom. The number of fused-ring (bicyclic) bond motifs is 1. The van der Waals surface area contributed by atoms with E-state index in [-0.39, 0.29) is 58.2 Å². The van der Waals surface area contributed by atoms with Gasteiger partial charge in [0.2, 0.25) is 5.95 Å². The summed E-state index contributed by atoms with van der Waals surface area (Å²) in [6.45, 7) is 7.63. The van der Waals surface area contributed by atoms with Crippen LogP contribution in [0.3, 0.4) is 0 Å². The molecule has 0 spiro atoms. The van der Waals surface area contributed by atoms with Crippen LogP contribution in [0.1, 0.15) is 51.2 Å². The average molecular weight is 512 g/mol. The van der Waals surface area contributed by atoms with Crippen molar-refractivity contribution in [1.82, 2.24) is 24.4 Å². The Hall–Kier alpha value is -4.11. The van der Waals surface area contributed by atoms with E-state index in [0.29, 0.717) is 11.3 Å². The average Bonchev–Trinajstić information content (AvgIpc) is 2.72. The molecule has 1 atom stereocenters. The van der Waals surface area contributed by atoms with Gasteiger partial charge in [-0.1, -0.05) is 17.7 Å². The van der Waals surface area contributed by atoms with Gasteiger partial charge in [-0.2, -0.15) is 15.2 Å². The number of nitrogen functional groups attached to an aromatic ring is 2. The van der Waals surface area contributed by atoms with Crippen LogP contribution in [0.25, 0.3) is 10.9 Å². The molecule has 0 radical (unpaired) electrons. The molecule has 5 N–H and O–H groups in total. The fourth-order valence-corrected chi connectivity index (χ4v) is 4.20. The number of rotatable bonds is 4. The summed E-state index contributed by atoms with van der Waals surface area (Å²) in [5.41, 5.74) is 11.0. The predicted octanol–water partition coefficient (Wildman–Crippen LogP) is 2.84. The van der Waals surface area contributed by atoms with Gasteiger partial charge in [-0.05, 0) is 39.8 Å². The zero-order valence-electron chi connectivity index (χ0n) is 20.2. The number of nitrogens with zero attached hydrogens (tertiary/aromatic N) is 6. The van der Waals surface area contributed by atoms with Crippen LogP contribution in [0.5, 0.6) is 0 Å². The van der Waals surface area contributed by atoms with Gasteiger partial charge in [0.05, 0.1) is 28.0 Å². The first kappa shape index (κ1) is 25.0. The van der Waals surface area contributed by atoms with E-state index in [4.69, 9.17) is 32.8 Å². The van der Waals surface area contributed by atoms with Crippen molar-refractivity contribution >= 4 is 46.2 Å². The van der Waals surface area contributed by atoms with Gasteiger partial charge in [-0.15, -0.1) is 0 Å². The minimum atomic E-state index is -0.639. The summed E-state index contributed by atoms with van der Waals surface area (Å²) in [5.74, 6) is 0.306. The molecule has 1 amide bonds. The molecule has 1 unspecified atom stereocenters. The minimum Gasteiger partial charge on any atom is -0.444 e. The van der Waals surface area contributed by atoms with Crippen molar-refractivity contribution in [3.63, 3.8) is 0 Å². The molecule has 4 rings (SSSR count). The van der Waals surface area contributed by atoms with Crippen molar-refractivity contribution in [1.29, 1.82) is 5.26 Å². The third-order valence-corrected chi connectivity index (χ3v) is 5.91. The highest BCUT2D eigenvalue weighted by Gasteiger charge is 2.37. The molecule has 3 aromatic rings. The molecule has 1 saturated heterocycles. The lowest BCUT2D eigenvalue weighted by molar-refractivity contribution is 0.000169. The molecule has 1 aromatic carbocycles. The number of nitriles is 1. The first-order valence-corrected chi connectivity index (χ1v) is 11.6. The van der Waals surface area contributed by atoms with Crippen LogP contribution in [-0.2, 0) is 4.74 Å². The summed E-state index contributed by atoms with van der Waals surface area (Å²) in [7, 11) is 0. The van der Waals surface area contributed by atoms with Crippen LogP contribution in [0.2, 0.25) is 5.02 Å². The minimum absolute atomic E-state index is 0.0218. The van der Waals surface area contributed by atoms with Crippen LogP contribution < -0.4 is 22.3 Å². The van der Waals surface area contributed by atoms with E-state index in [1.165, 1.54) is 9.47 Å². The van der Waals surface area contributed by atoms with Gasteiger partial charge in [-0.25, -0.2) is 9.78 Å². The normalized spacial score (nSPS) is 14.7. The van der Waals surface area contributed by atoms with E-state index in [2.05, 4.69) is 15.3 Å². The molecular weight excluding hydrogens is 486 g/mol. The molecule has 188 valence electrons. The molecule has 12 nitrogen and oxygen atoms in total. The Morgan fingerprint density at radius 1 is 1.28 bits per heavy atom. The Bertz CT molecular complexity index is 1450. The van der Waals surface area contributed by atoms with E-state index in [1.807, 2.05) is 6.07 Å². The smallest absolute Gasteiger partial charge is 0.410 e. The molecule has 3 heterocycles. The number of carbonyl (C=O) groups is 1. The van der Waals surface area contributed by atoms with Crippen molar-refractivity contribution in [3.05, 3.63) is 45.0 Å². The number of likely N-dealkylation sites (tertiary alicyclic amines) is 1. The number of amides is 1. The van der Waals surface area contributed by atoms with Crippen LogP contribution in [0, 0.1) is 11.3 Å². The number of aromatic nitrogens is 4. The maximum atomic E-state index is 13.7. The Balaban J connectivity index is 1.75. The van der Waals surface area contributed by atoms with Crippen molar-refractivity contribution in [2.75, 3.05) is 29.9 Å². The fraction of sp³-hybridized carbons (Fsp3) is 0.391. The van der Waals surface area contributed by atoms with E-state index in [0.717, 1.165) is 0 Å². The third-order valence-electron chi connectivity index (χ3n) is 5.59. The van der Waals surface area contributed by atoms with E-state index < -0.39 is 17.7 Å². The summed E-state index contributed by atoms with van der Waals surface area (Å²) in [6, 6.07) is 6.00. The van der Waals surface area contributed by atoms with E-state index in [9.17, 15) is 14.9 Å². The van der Waals surface area contributed by atoms with Crippen molar-refractivity contribution < 1.29 is 9.53 Å². The van der Waals surface area contributed by atoms with Crippen LogP contribution in [0.15, 0.2) is 23.0 Å². The molecule has 0 aliphatic carbocycles. The second-order valence-corrected chi connectivity index (χ2v) is 9.89. The number of hydrogen-bond acceptors (Lipinski definition) is 10. The highest BCUT2D eigenvalue weighted by atomic mass is 35.5. The molecular formula is C23H26ClN9O3. The topological polar surface area (TPSA) is 178 Å². The van der Waals surface area contributed by atoms with E-state index >= 15 is 0 Å². The van der Waals surface area contributed by atoms with Gasteiger partial charge >= 0.3 is 6.09 Å². The number of nitrogens with one attached hydrogen (secondary N) is 1. The molecule has 0 bridgehead atoms. The molecule has 13 heteroatoms. The van der Waals surface area contributed by atoms with Crippen molar-refractivity contribution in [2.45, 2.75) is 45.4 Å². The van der Waals surface area contributed by atoms with E-state index in [1.54, 1.807) is 45.9 Å². The molecule has 1 aliphatic rings. The molecule has 1 aliphatic heterocycles. The summed E-state index contributed by atoms with van der Waals surface area (Å²) >= 11 is 6.35. The van der Waals surface area contributed by atoms with Crippen molar-refractivity contribution in [3.8, 4) is 6.07 Å². The maximum Gasteiger partial charge on any atom is 0.410 e. The highest BCUT2D eigenvalue weighted by Crippen LogP contribution is 2.30. The number of hydrogen-bond donors (Lipinski definition) is 3. The van der Waals surface area contributed by atoms with Crippen LogP contribution in [0.4, 0.5) is 22.4 Å². The van der Waals surface area contributed by atoms with Gasteiger partial charge < -0.3 is 26.4 Å². The monoisotopic (exact) mass is 511 g/mol. The lowest BCUT2D eigenvalue weighted by Crippen LogP contribution is -2.54. The quantitative estimate of drug-likeness (QED) is 0.471. The van der Waals surface area contributed by atoms with Crippen LogP contribution in [-0.4, -0.2) is 49.2 Å². The number of ether oxygens (including phenoxy) is 1. The van der Waals surface area contributed by atoms with Gasteiger partial charge in [0.1, 0.15) is 28.9 Å². The molecule has 0 saturated carbocycles. The molecule has 36 heavy (non-hydrogen) atoms. The number of anilines is 3. The molecule has 2 aromatic heterocycles. The second kappa shape index (κ2) is 9.16. The lowest BCUT2D eigenvalue weighted by atomic mass is 10.1. The van der Waals surface area contributed by atoms with Gasteiger partial charge in [0.25, 0.3) is 5.56 Å². The number of halogens is 1. The number of benzene rings is 1. The Morgan fingerprint density at radius 3 is 2.61 bits per heavy atom. The van der Waals surface area contributed by atoms with Crippen molar-refractivity contribution in [2.24, 2.45) is 0 Å². The van der Waals surface area contributed by atoms with Gasteiger partial charge in [-0.3, -0.25) is 9.36 Å². The number of nitrogens with two attached hydrogens (primary N) is 2. The summed E-state index contributed by atoms with van der Waals surface area (Å²) < 4.78 is 6.95. The first-order valence-electron chi connectivity index (χ1n) is 11.2. The Labute approximate surface area is 211 Å². The third kappa shape index (κ3) is 4.70. The van der Waals surface area contributed by atoms with Gasteiger partial charge in [0, 0.05) is 13.1 Å². The standard InChI is InChI=1S/C23H26ClN9O3/c1-11(28-18-13(8-25)17(26)30-21(27)31-18)19-29-15-7-5-6-14(24)16(15)20(34)33(19)12-9-32(10-12)22(35)36-23(2,3)4/h5-7,11-12H,9-10H2,1-4H3,(H5,26,27,28,30,31). The van der Waals surface area contributed by atoms with Gasteiger partial charge in [0.15, 0.2) is 5.82 Å². The summed E-state index contributed by atoms with van der Waals surface area (Å²) in [4.78, 5) is 40.3. The predicted molar refractivity (Wildman–Crippen MR) is 135 cm³/mol. The first-order chi connectivity index (χ1) is 16.9. The highest BCUT2D eigenvalue weighted by molar-refractivity contribution is 6.35. The summed E-state index contributed by atoms with van der Waals surface area (Å²) in [6.07, 6.45) is -0.461. The zero-order chi connectivity index (χ0) is 26.4. The number of carbonyl (C=O) groups excluding carboxylic acids is 1. The van der Waals surface area contributed by atoms with Crippen LogP contribution >= 0.6 is 11.6 Å². The largest absolute Gasteiger partial charge is 0.444 e. The zero-order valence-corrected chi connectivity index (χ0v) is 21.0. The maximum absolute atomic E-state index is 13.7. The Kier molecular flexibility index (Phi) is 6.36. The summed E-state index contributed by atoms with van der Waals surface area (Å²) in [5, 5.41) is 13.1.